The fourth-order valence-electron chi connectivity index (χ4n) is 2.61. The van der Waals surface area contributed by atoms with Gasteiger partial charge in [0, 0.05) is 23.1 Å². The molecule has 0 bridgehead atoms. The van der Waals surface area contributed by atoms with Crippen molar-refractivity contribution < 1.29 is 14.6 Å². The molecule has 5 nitrogen and oxygen atoms in total. The summed E-state index contributed by atoms with van der Waals surface area (Å²) >= 11 is 6.03. The summed E-state index contributed by atoms with van der Waals surface area (Å²) in [6, 6.07) is 7.00. The second kappa shape index (κ2) is 9.25. The van der Waals surface area contributed by atoms with Crippen LogP contribution in [0, 0.1) is 0 Å². The Hall–Kier alpha value is -2.53. The van der Waals surface area contributed by atoms with E-state index >= 15 is 0 Å². The molecule has 1 aromatic heterocycles. The summed E-state index contributed by atoms with van der Waals surface area (Å²) in [4.78, 5) is 11.3. The lowest BCUT2D eigenvalue weighted by Gasteiger charge is -2.20. The van der Waals surface area contributed by atoms with Crippen LogP contribution in [0.3, 0.4) is 0 Å². The monoisotopic (exact) mass is 374 g/mol. The Morgan fingerprint density at radius 1 is 1.42 bits per heavy atom. The van der Waals surface area contributed by atoms with Gasteiger partial charge in [-0.1, -0.05) is 50.6 Å². The normalized spacial score (nSPS) is 12.7. The van der Waals surface area contributed by atoms with Crippen molar-refractivity contribution >= 4 is 17.6 Å². The van der Waals surface area contributed by atoms with Crippen LogP contribution in [0.15, 0.2) is 47.5 Å². The van der Waals surface area contributed by atoms with E-state index in [9.17, 15) is 9.90 Å². The first-order valence-corrected chi connectivity index (χ1v) is 9.07. The molecule has 1 N–H and O–H groups in total. The number of halogens is 1. The number of rotatable bonds is 5. The Morgan fingerprint density at radius 2 is 2.19 bits per heavy atom. The van der Waals surface area contributed by atoms with Gasteiger partial charge in [-0.15, -0.1) is 0 Å². The van der Waals surface area contributed by atoms with Crippen LogP contribution < -0.4 is 4.74 Å². The maximum absolute atomic E-state index is 11.3. The lowest BCUT2D eigenvalue weighted by atomic mass is 10.1. The van der Waals surface area contributed by atoms with Crippen molar-refractivity contribution in [3.05, 3.63) is 64.3 Å². The van der Waals surface area contributed by atoms with Gasteiger partial charge in [-0.25, -0.2) is 9.48 Å². The largest absolute Gasteiger partial charge is 0.478 e. The summed E-state index contributed by atoms with van der Waals surface area (Å²) in [6.07, 6.45) is 7.23. The average molecular weight is 375 g/mol. The first-order valence-electron chi connectivity index (χ1n) is 8.69. The smallest absolute Gasteiger partial charge is 0.336 e. The first-order chi connectivity index (χ1) is 12.6. The molecular weight excluding hydrogens is 352 g/mol. The predicted molar refractivity (Wildman–Crippen MR) is 103 cm³/mol. The van der Waals surface area contributed by atoms with Crippen molar-refractivity contribution in [2.45, 2.75) is 40.2 Å². The summed E-state index contributed by atoms with van der Waals surface area (Å²) in [6.45, 7) is 6.25. The molecule has 0 saturated heterocycles. The van der Waals surface area contributed by atoms with Gasteiger partial charge < -0.3 is 9.84 Å². The van der Waals surface area contributed by atoms with Crippen LogP contribution in [-0.4, -0.2) is 20.9 Å². The fraction of sp³-hybridized carbons (Fsp3) is 0.300. The number of aromatic carboxylic acids is 1. The number of carboxylic acids is 1. The molecular formula is C20H23ClN2O3. The molecule has 26 heavy (non-hydrogen) atoms. The maximum atomic E-state index is 11.3. The van der Waals surface area contributed by atoms with E-state index in [2.05, 4.69) is 5.10 Å². The highest BCUT2D eigenvalue weighted by Crippen LogP contribution is 2.30. The van der Waals surface area contributed by atoms with Crippen LogP contribution in [0.25, 0.3) is 5.69 Å². The zero-order chi connectivity index (χ0) is 19.1. The second-order valence-electron chi connectivity index (χ2n) is 5.39. The molecule has 0 fully saturated rings. The van der Waals surface area contributed by atoms with Gasteiger partial charge in [-0.2, -0.15) is 5.10 Å². The number of allylic oxidation sites excluding steroid dienone is 4. The summed E-state index contributed by atoms with van der Waals surface area (Å²) in [5.41, 5.74) is 2.45. The van der Waals surface area contributed by atoms with Gasteiger partial charge in [0.2, 0.25) is 5.88 Å². The highest BCUT2D eigenvalue weighted by Gasteiger charge is 2.23. The third kappa shape index (κ3) is 4.35. The van der Waals surface area contributed by atoms with Crippen LogP contribution in [0.1, 0.15) is 48.8 Å². The van der Waals surface area contributed by atoms with Crippen LogP contribution in [0.2, 0.25) is 0 Å². The number of aromatic nitrogens is 2. The van der Waals surface area contributed by atoms with Gasteiger partial charge in [0.1, 0.15) is 6.61 Å². The number of fused-ring (bicyclic) bond motifs is 3. The van der Waals surface area contributed by atoms with Crippen molar-refractivity contribution in [1.82, 2.24) is 9.78 Å². The summed E-state index contributed by atoms with van der Waals surface area (Å²) < 4.78 is 7.31. The van der Waals surface area contributed by atoms with E-state index in [4.69, 9.17) is 16.3 Å². The molecule has 2 heterocycles. The Morgan fingerprint density at radius 3 is 2.88 bits per heavy atom. The maximum Gasteiger partial charge on any atom is 0.336 e. The van der Waals surface area contributed by atoms with Gasteiger partial charge >= 0.3 is 5.97 Å². The molecule has 0 radical (unpaired) electrons. The molecule has 3 rings (SSSR count). The SMILES string of the molecule is CC.CC/C=C(Cl)\C=C/Cc1cc2n(n1)-c1cccc(C(=O)O)c1CO2. The number of benzene rings is 1. The molecule has 0 amide bonds. The van der Waals surface area contributed by atoms with E-state index < -0.39 is 5.97 Å². The van der Waals surface area contributed by atoms with Gasteiger partial charge in [0.25, 0.3) is 0 Å². The number of nitrogens with zero attached hydrogens (tertiary/aromatic N) is 2. The minimum absolute atomic E-state index is 0.226. The summed E-state index contributed by atoms with van der Waals surface area (Å²) in [7, 11) is 0. The van der Waals surface area contributed by atoms with Crippen LogP contribution in [0.4, 0.5) is 0 Å². The van der Waals surface area contributed by atoms with E-state index in [0.29, 0.717) is 22.9 Å². The molecule has 2 aromatic rings. The molecule has 0 unspecified atom stereocenters. The molecule has 1 aromatic carbocycles. The van der Waals surface area contributed by atoms with Gasteiger partial charge in [-0.3, -0.25) is 0 Å². The molecule has 6 heteroatoms. The van der Waals surface area contributed by atoms with E-state index in [1.807, 2.05) is 51.1 Å². The van der Waals surface area contributed by atoms with Crippen molar-refractivity contribution in [3.8, 4) is 11.6 Å². The Bertz CT molecular complexity index is 838. The Kier molecular flexibility index (Phi) is 7.04. The minimum atomic E-state index is -0.966. The van der Waals surface area contributed by atoms with Gasteiger partial charge in [-0.05, 0) is 24.6 Å². The zero-order valence-corrected chi connectivity index (χ0v) is 16.0. The highest BCUT2D eigenvalue weighted by atomic mass is 35.5. The Balaban J connectivity index is 0.00000117. The van der Waals surface area contributed by atoms with E-state index in [1.54, 1.807) is 16.8 Å². The number of ether oxygens (including phenoxy) is 1. The van der Waals surface area contributed by atoms with Gasteiger partial charge in [0.05, 0.1) is 16.9 Å². The predicted octanol–water partition coefficient (Wildman–Crippen LogP) is 5.12. The van der Waals surface area contributed by atoms with Gasteiger partial charge in [0.15, 0.2) is 0 Å². The summed E-state index contributed by atoms with van der Waals surface area (Å²) in [5.74, 6) is -0.352. The number of carboxylic acid groups (broad SMARTS) is 1. The van der Waals surface area contributed by atoms with Crippen LogP contribution in [0.5, 0.6) is 5.88 Å². The third-order valence-electron chi connectivity index (χ3n) is 3.70. The van der Waals surface area contributed by atoms with E-state index in [1.165, 1.54) is 0 Å². The molecule has 0 aliphatic carbocycles. The third-order valence-corrected chi connectivity index (χ3v) is 3.99. The molecule has 0 saturated carbocycles. The number of hydrogen-bond donors (Lipinski definition) is 1. The second-order valence-corrected chi connectivity index (χ2v) is 5.82. The topological polar surface area (TPSA) is 64.4 Å². The fourth-order valence-corrected chi connectivity index (χ4v) is 2.86. The standard InChI is InChI=1S/C18H17ClN2O3.C2H6/c1-2-5-12(19)6-3-7-13-10-17-21(20-13)16-9-4-8-14(18(22)23)15(16)11-24-17;1-2/h3-6,8-10H,2,7,11H2,1H3,(H,22,23);1-2H3/b6-3-,12-5+;. The molecule has 0 atom stereocenters. The zero-order valence-electron chi connectivity index (χ0n) is 15.2. The minimum Gasteiger partial charge on any atom is -0.478 e. The molecule has 138 valence electrons. The van der Waals surface area contributed by atoms with Crippen molar-refractivity contribution in [2.75, 3.05) is 0 Å². The number of carbonyl (C=O) groups is 1. The molecule has 1 aliphatic heterocycles. The van der Waals surface area contributed by atoms with E-state index in [0.717, 1.165) is 17.8 Å². The molecule has 1 aliphatic rings. The van der Waals surface area contributed by atoms with Crippen molar-refractivity contribution in [1.29, 1.82) is 0 Å². The lowest BCUT2D eigenvalue weighted by molar-refractivity contribution is 0.0693. The average Bonchev–Trinajstić information content (AvgIpc) is 3.06. The summed E-state index contributed by atoms with van der Waals surface area (Å²) in [5, 5.41) is 14.5. The Labute approximate surface area is 158 Å². The highest BCUT2D eigenvalue weighted by molar-refractivity contribution is 6.31. The van der Waals surface area contributed by atoms with Crippen molar-refractivity contribution in [3.63, 3.8) is 0 Å². The van der Waals surface area contributed by atoms with Crippen LogP contribution >= 0.6 is 11.6 Å². The lowest BCUT2D eigenvalue weighted by Crippen LogP contribution is -2.16. The van der Waals surface area contributed by atoms with E-state index in [-0.39, 0.29) is 12.2 Å². The molecule has 0 spiro atoms. The first kappa shape index (κ1) is 19.8. The quantitative estimate of drug-likeness (QED) is 0.737. The number of hydrogen-bond acceptors (Lipinski definition) is 3. The van der Waals surface area contributed by atoms with Crippen molar-refractivity contribution in [2.24, 2.45) is 0 Å². The van der Waals surface area contributed by atoms with Crippen LogP contribution in [-0.2, 0) is 13.0 Å².